The number of fused-ring (bicyclic) bond motifs is 1. The Hall–Kier alpha value is -2.42. The van der Waals surface area contributed by atoms with Gasteiger partial charge in [-0.05, 0) is 59.9 Å². The Kier molecular flexibility index (Phi) is 5.74. The molecule has 1 aliphatic rings. The highest BCUT2D eigenvalue weighted by Crippen LogP contribution is 2.35. The quantitative estimate of drug-likeness (QED) is 0.382. The molecule has 0 amide bonds. The van der Waals surface area contributed by atoms with E-state index in [9.17, 15) is 26.3 Å². The van der Waals surface area contributed by atoms with Gasteiger partial charge in [0.05, 0.1) is 10.9 Å². The second kappa shape index (κ2) is 7.90. The molecule has 2 aromatic carbocycles. The van der Waals surface area contributed by atoms with Crippen molar-refractivity contribution in [2.75, 3.05) is 0 Å². The molecule has 1 unspecified atom stereocenters. The number of rotatable bonds is 3. The van der Waals surface area contributed by atoms with E-state index >= 15 is 0 Å². The Morgan fingerprint density at radius 3 is 2.43 bits per heavy atom. The van der Waals surface area contributed by atoms with Crippen LogP contribution < -0.4 is 0 Å². The molecule has 0 fully saturated rings. The fourth-order valence-corrected chi connectivity index (χ4v) is 3.67. The zero-order valence-corrected chi connectivity index (χ0v) is 15.2. The Morgan fingerprint density at radius 2 is 1.82 bits per heavy atom. The molecule has 0 N–H and O–H groups in total. The van der Waals surface area contributed by atoms with Crippen LogP contribution in [0.25, 0.3) is 16.3 Å². The average Bonchev–Trinajstić information content (AvgIpc) is 2.60. The second-order valence-corrected chi connectivity index (χ2v) is 7.01. The summed E-state index contributed by atoms with van der Waals surface area (Å²) < 4.78 is 79.9. The van der Waals surface area contributed by atoms with Crippen molar-refractivity contribution in [2.45, 2.75) is 45.2 Å². The van der Waals surface area contributed by atoms with Gasteiger partial charge in [0.1, 0.15) is 11.6 Å². The van der Waals surface area contributed by atoms with Crippen molar-refractivity contribution in [3.05, 3.63) is 52.9 Å². The molecule has 0 heterocycles. The molecule has 0 radical (unpaired) electrons. The zero-order chi connectivity index (χ0) is 20.5. The first-order valence-corrected chi connectivity index (χ1v) is 9.10. The number of benzene rings is 2. The summed E-state index contributed by atoms with van der Waals surface area (Å²) in [5.74, 6) is -0.780. The van der Waals surface area contributed by atoms with Gasteiger partial charge < -0.3 is 0 Å². The summed E-state index contributed by atoms with van der Waals surface area (Å²) in [5.41, 5.74) is 0.360. The molecule has 148 valence electrons. The van der Waals surface area contributed by atoms with Gasteiger partial charge in [-0.2, -0.15) is 13.2 Å². The Labute approximate surface area is 159 Å². The molecular weight excluding hydrogens is 378 g/mol. The summed E-state index contributed by atoms with van der Waals surface area (Å²) in [5, 5.41) is -0.601. The fourth-order valence-electron chi connectivity index (χ4n) is 3.67. The van der Waals surface area contributed by atoms with E-state index in [0.29, 0.717) is 11.5 Å². The van der Waals surface area contributed by atoms with Gasteiger partial charge in [0.15, 0.2) is 5.82 Å². The first-order chi connectivity index (χ1) is 13.2. The molecule has 0 saturated carbocycles. The second-order valence-electron chi connectivity index (χ2n) is 7.01. The van der Waals surface area contributed by atoms with E-state index in [1.165, 1.54) is 12.0 Å². The molecule has 0 spiro atoms. The van der Waals surface area contributed by atoms with Crippen LogP contribution in [0.2, 0.25) is 0 Å². The molecule has 2 aromatic rings. The average molecular weight is 396 g/mol. The lowest BCUT2D eigenvalue weighted by atomic mass is 9.84. The molecule has 0 aliphatic heterocycles. The number of hydrogen-bond donors (Lipinski definition) is 0. The minimum absolute atomic E-state index is 0.0425. The third-order valence-corrected chi connectivity index (χ3v) is 5.00. The van der Waals surface area contributed by atoms with Gasteiger partial charge in [-0.3, -0.25) is 0 Å². The van der Waals surface area contributed by atoms with Gasteiger partial charge in [0.2, 0.25) is 0 Å². The summed E-state index contributed by atoms with van der Waals surface area (Å²) in [6, 6.07) is 3.45. The molecule has 3 rings (SSSR count). The molecular formula is C22H18F6. The van der Waals surface area contributed by atoms with Crippen LogP contribution in [-0.4, -0.2) is 6.18 Å². The maximum atomic E-state index is 14.6. The lowest BCUT2D eigenvalue weighted by molar-refractivity contribution is -0.0696. The van der Waals surface area contributed by atoms with Crippen LogP contribution in [0.15, 0.2) is 24.3 Å². The van der Waals surface area contributed by atoms with E-state index in [2.05, 4.69) is 6.92 Å². The minimum atomic E-state index is -4.90. The lowest BCUT2D eigenvalue weighted by Crippen LogP contribution is -2.05. The highest BCUT2D eigenvalue weighted by molar-refractivity contribution is 5.89. The SMILES string of the molecule is CCCC1CC=C(c2cc(F)c3c(F)c(C#CC(F)(F)F)c(F)cc3c2)CC1. The van der Waals surface area contributed by atoms with E-state index in [1.54, 1.807) is 0 Å². The predicted octanol–water partition coefficient (Wildman–Crippen LogP) is 7.15. The van der Waals surface area contributed by atoms with Crippen molar-refractivity contribution in [3.8, 4) is 11.8 Å². The smallest absolute Gasteiger partial charge is 0.206 e. The van der Waals surface area contributed by atoms with Crippen LogP contribution in [0.1, 0.15) is 50.2 Å². The number of allylic oxidation sites excluding steroid dienone is 2. The van der Waals surface area contributed by atoms with Crippen LogP contribution in [0.3, 0.4) is 0 Å². The van der Waals surface area contributed by atoms with E-state index in [-0.39, 0.29) is 5.39 Å². The molecule has 0 bridgehead atoms. The van der Waals surface area contributed by atoms with Crippen LogP contribution in [-0.2, 0) is 0 Å². The summed E-state index contributed by atoms with van der Waals surface area (Å²) in [6.07, 6.45) is 1.92. The summed E-state index contributed by atoms with van der Waals surface area (Å²) >= 11 is 0. The van der Waals surface area contributed by atoms with E-state index in [0.717, 1.165) is 55.7 Å². The van der Waals surface area contributed by atoms with Gasteiger partial charge in [0.25, 0.3) is 0 Å². The topological polar surface area (TPSA) is 0 Å². The molecule has 1 atom stereocenters. The van der Waals surface area contributed by atoms with Crippen LogP contribution in [0, 0.1) is 35.2 Å². The number of halogens is 6. The molecule has 0 aromatic heterocycles. The van der Waals surface area contributed by atoms with Crippen molar-refractivity contribution >= 4 is 16.3 Å². The Bertz CT molecular complexity index is 988. The van der Waals surface area contributed by atoms with Gasteiger partial charge in [-0.1, -0.05) is 31.8 Å². The fraction of sp³-hybridized carbons (Fsp3) is 0.364. The highest BCUT2D eigenvalue weighted by Gasteiger charge is 2.24. The van der Waals surface area contributed by atoms with Crippen LogP contribution in [0.5, 0.6) is 0 Å². The maximum Gasteiger partial charge on any atom is 0.458 e. The first kappa shape index (κ1) is 20.3. The van der Waals surface area contributed by atoms with Crippen molar-refractivity contribution in [2.24, 2.45) is 5.92 Å². The monoisotopic (exact) mass is 396 g/mol. The summed E-state index contributed by atoms with van der Waals surface area (Å²) in [6.45, 7) is 2.12. The van der Waals surface area contributed by atoms with E-state index in [4.69, 9.17) is 0 Å². The third-order valence-electron chi connectivity index (χ3n) is 5.00. The summed E-state index contributed by atoms with van der Waals surface area (Å²) in [4.78, 5) is 0. The van der Waals surface area contributed by atoms with Crippen molar-refractivity contribution < 1.29 is 26.3 Å². The Balaban J connectivity index is 2.04. The molecule has 6 heteroatoms. The van der Waals surface area contributed by atoms with Crippen LogP contribution in [0.4, 0.5) is 26.3 Å². The Morgan fingerprint density at radius 1 is 1.07 bits per heavy atom. The van der Waals surface area contributed by atoms with Gasteiger partial charge in [-0.15, -0.1) is 0 Å². The van der Waals surface area contributed by atoms with Crippen molar-refractivity contribution in [1.82, 2.24) is 0 Å². The molecule has 0 nitrogen and oxygen atoms in total. The summed E-state index contributed by atoms with van der Waals surface area (Å²) in [7, 11) is 0. The standard InChI is InChI=1S/C22H18F6/c1-2-3-13-4-6-14(7-5-13)15-10-16-12-18(23)17(8-9-22(26,27)28)21(25)20(16)19(24)11-15/h6,10-13H,2-5,7H2,1H3. The van der Waals surface area contributed by atoms with Crippen molar-refractivity contribution in [1.29, 1.82) is 0 Å². The number of hydrogen-bond acceptors (Lipinski definition) is 0. The highest BCUT2D eigenvalue weighted by atomic mass is 19.4. The molecule has 0 saturated heterocycles. The maximum absolute atomic E-state index is 14.6. The van der Waals surface area contributed by atoms with Gasteiger partial charge in [-0.25, -0.2) is 13.2 Å². The number of alkyl halides is 3. The largest absolute Gasteiger partial charge is 0.458 e. The van der Waals surface area contributed by atoms with Gasteiger partial charge in [0, 0.05) is 5.92 Å². The zero-order valence-electron chi connectivity index (χ0n) is 15.2. The molecule has 1 aliphatic carbocycles. The molecule has 28 heavy (non-hydrogen) atoms. The lowest BCUT2D eigenvalue weighted by Gasteiger charge is -2.22. The van der Waals surface area contributed by atoms with Crippen molar-refractivity contribution in [3.63, 3.8) is 0 Å². The normalized spacial score (nSPS) is 17.2. The van der Waals surface area contributed by atoms with Crippen LogP contribution >= 0.6 is 0 Å². The van der Waals surface area contributed by atoms with E-state index < -0.39 is 34.6 Å². The third kappa shape index (κ3) is 4.35. The van der Waals surface area contributed by atoms with E-state index in [1.807, 2.05) is 6.08 Å². The van der Waals surface area contributed by atoms with Gasteiger partial charge >= 0.3 is 6.18 Å². The minimum Gasteiger partial charge on any atom is -0.206 e. The first-order valence-electron chi connectivity index (χ1n) is 9.10. The predicted molar refractivity (Wildman–Crippen MR) is 97.0 cm³/mol.